The van der Waals surface area contributed by atoms with E-state index >= 15 is 0 Å². The number of fused-ring (bicyclic) bond motifs is 3. The first kappa shape index (κ1) is 17.7. The Morgan fingerprint density at radius 1 is 1.19 bits per heavy atom. The third-order valence-corrected chi connectivity index (χ3v) is 6.56. The maximum absolute atomic E-state index is 13.8. The number of hydrogen-bond donors (Lipinski definition) is 0. The fourth-order valence-corrected chi connectivity index (χ4v) is 5.29. The van der Waals surface area contributed by atoms with Crippen molar-refractivity contribution in [3.05, 3.63) is 29.8 Å². The first-order valence-corrected chi connectivity index (χ1v) is 9.92. The van der Waals surface area contributed by atoms with Crippen molar-refractivity contribution in [3.8, 4) is 0 Å². The van der Waals surface area contributed by atoms with Gasteiger partial charge in [0, 0.05) is 31.6 Å². The number of ketones is 1. The Morgan fingerprint density at radius 3 is 2.77 bits per heavy atom. The second-order valence-corrected chi connectivity index (χ2v) is 7.77. The van der Waals surface area contributed by atoms with Crippen LogP contribution in [0.15, 0.2) is 24.3 Å². The quantitative estimate of drug-likeness (QED) is 0.834. The number of carbonyl (C=O) groups is 2. The molecular weight excluding hydrogens is 328 g/mol. The topological polar surface area (TPSA) is 49.9 Å². The highest BCUT2D eigenvalue weighted by Gasteiger charge is 2.55. The van der Waals surface area contributed by atoms with Crippen LogP contribution in [-0.2, 0) is 9.53 Å². The molecule has 3 unspecified atom stereocenters. The van der Waals surface area contributed by atoms with Crippen LogP contribution < -0.4 is 4.90 Å². The Balaban J connectivity index is 1.89. The number of anilines is 1. The molecule has 140 valence electrons. The summed E-state index contributed by atoms with van der Waals surface area (Å²) in [6.07, 6.45) is 4.12. The number of amides is 1. The number of Topliss-reactive ketones (excluding diaryl/α,β-unsaturated/α-hetero) is 1. The second-order valence-electron chi connectivity index (χ2n) is 7.77. The SMILES string of the molecule is CCOC1CC2(CC)CCCN3CCC(=O)c4ccccc4N1C(=O)C32. The summed E-state index contributed by atoms with van der Waals surface area (Å²) in [5, 5.41) is 0. The number of rotatable bonds is 3. The predicted octanol–water partition coefficient (Wildman–Crippen LogP) is 3.23. The molecule has 26 heavy (non-hydrogen) atoms. The van der Waals surface area contributed by atoms with Gasteiger partial charge in [-0.25, -0.2) is 0 Å². The van der Waals surface area contributed by atoms with Gasteiger partial charge >= 0.3 is 0 Å². The summed E-state index contributed by atoms with van der Waals surface area (Å²) in [5.74, 6) is 0.224. The largest absolute Gasteiger partial charge is 0.358 e. The van der Waals surface area contributed by atoms with Crippen molar-refractivity contribution in [2.24, 2.45) is 5.41 Å². The van der Waals surface area contributed by atoms with Gasteiger partial charge in [-0.3, -0.25) is 19.4 Å². The highest BCUT2D eigenvalue weighted by Crippen LogP contribution is 2.49. The predicted molar refractivity (Wildman–Crippen MR) is 100 cm³/mol. The molecule has 1 aromatic rings. The third-order valence-electron chi connectivity index (χ3n) is 6.56. The van der Waals surface area contributed by atoms with Gasteiger partial charge in [0.25, 0.3) is 0 Å². The number of ether oxygens (including phenoxy) is 1. The molecule has 0 N–H and O–H groups in total. The van der Waals surface area contributed by atoms with Crippen molar-refractivity contribution in [3.63, 3.8) is 0 Å². The Labute approximate surface area is 155 Å². The number of para-hydroxylation sites is 1. The number of carbonyl (C=O) groups excluding carboxylic acids is 2. The van der Waals surface area contributed by atoms with Crippen LogP contribution in [0.4, 0.5) is 5.69 Å². The Morgan fingerprint density at radius 2 is 2.00 bits per heavy atom. The zero-order valence-corrected chi connectivity index (χ0v) is 15.7. The molecule has 4 rings (SSSR count). The Kier molecular flexibility index (Phi) is 4.61. The molecule has 1 amide bonds. The molecule has 1 aromatic carbocycles. The van der Waals surface area contributed by atoms with Crippen molar-refractivity contribution in [1.29, 1.82) is 0 Å². The van der Waals surface area contributed by atoms with Crippen LogP contribution >= 0.6 is 0 Å². The molecule has 5 heteroatoms. The van der Waals surface area contributed by atoms with Crippen LogP contribution in [0.3, 0.4) is 0 Å². The van der Waals surface area contributed by atoms with Crippen LogP contribution in [0.25, 0.3) is 0 Å². The molecule has 0 aromatic heterocycles. The fraction of sp³-hybridized carbons (Fsp3) is 0.619. The summed E-state index contributed by atoms with van der Waals surface area (Å²) in [7, 11) is 0. The zero-order chi connectivity index (χ0) is 18.3. The van der Waals surface area contributed by atoms with Gasteiger partial charge in [-0.15, -0.1) is 0 Å². The normalized spacial score (nSPS) is 31.8. The molecular formula is C21H28N2O3. The van der Waals surface area contributed by atoms with E-state index in [-0.39, 0.29) is 29.4 Å². The first-order chi connectivity index (χ1) is 12.6. The van der Waals surface area contributed by atoms with Gasteiger partial charge in [0.2, 0.25) is 5.91 Å². The van der Waals surface area contributed by atoms with E-state index in [1.807, 2.05) is 31.2 Å². The number of piperidine rings is 2. The fourth-order valence-electron chi connectivity index (χ4n) is 5.29. The monoisotopic (exact) mass is 356 g/mol. The van der Waals surface area contributed by atoms with E-state index in [1.54, 1.807) is 4.90 Å². The number of nitrogens with zero attached hydrogens (tertiary/aromatic N) is 2. The highest BCUT2D eigenvalue weighted by molar-refractivity contribution is 6.08. The lowest BCUT2D eigenvalue weighted by atomic mass is 9.65. The summed E-state index contributed by atoms with van der Waals surface area (Å²) < 4.78 is 6.06. The molecule has 0 aliphatic carbocycles. The standard InChI is InChI=1S/C21H28N2O3/c1-3-21-11-7-12-22-13-10-17(24)15-8-5-6-9-16(15)23(20(25)19(21)22)18(14-21)26-4-2/h5-6,8-9,18-19H,3-4,7,10-14H2,1-2H3. The molecule has 3 aliphatic rings. The van der Waals surface area contributed by atoms with Crippen molar-refractivity contribution in [2.45, 2.75) is 58.2 Å². The van der Waals surface area contributed by atoms with Gasteiger partial charge in [0.05, 0.1) is 11.7 Å². The molecule has 0 radical (unpaired) electrons. The van der Waals surface area contributed by atoms with Crippen molar-refractivity contribution in [1.82, 2.24) is 4.90 Å². The van der Waals surface area contributed by atoms with E-state index in [1.165, 1.54) is 0 Å². The third kappa shape index (κ3) is 2.60. The van der Waals surface area contributed by atoms with Gasteiger partial charge in [-0.05, 0) is 50.3 Å². The van der Waals surface area contributed by atoms with Crippen molar-refractivity contribution in [2.75, 3.05) is 24.6 Å². The molecule has 3 aliphatic heterocycles. The average molecular weight is 356 g/mol. The lowest BCUT2D eigenvalue weighted by molar-refractivity contribution is -0.146. The van der Waals surface area contributed by atoms with Crippen LogP contribution in [0, 0.1) is 5.41 Å². The molecule has 2 saturated heterocycles. The molecule has 0 spiro atoms. The van der Waals surface area contributed by atoms with Gasteiger partial charge in [0.1, 0.15) is 6.23 Å². The van der Waals surface area contributed by atoms with E-state index in [0.29, 0.717) is 25.1 Å². The smallest absolute Gasteiger partial charge is 0.247 e. The van der Waals surface area contributed by atoms with Crippen LogP contribution in [-0.4, -0.2) is 48.6 Å². The zero-order valence-electron chi connectivity index (χ0n) is 15.7. The number of hydrogen-bond acceptors (Lipinski definition) is 4. The van der Waals surface area contributed by atoms with Crippen LogP contribution in [0.2, 0.25) is 0 Å². The minimum atomic E-state index is -0.296. The van der Waals surface area contributed by atoms with Crippen molar-refractivity contribution >= 4 is 17.4 Å². The van der Waals surface area contributed by atoms with Crippen LogP contribution in [0.5, 0.6) is 0 Å². The minimum Gasteiger partial charge on any atom is -0.358 e. The van der Waals surface area contributed by atoms with Gasteiger partial charge in [-0.2, -0.15) is 0 Å². The van der Waals surface area contributed by atoms with Gasteiger partial charge in [-0.1, -0.05) is 19.1 Å². The summed E-state index contributed by atoms with van der Waals surface area (Å²) >= 11 is 0. The lowest BCUT2D eigenvalue weighted by Gasteiger charge is -2.55. The Hall–Kier alpha value is -1.72. The minimum absolute atomic E-state index is 0.0476. The van der Waals surface area contributed by atoms with E-state index in [4.69, 9.17) is 4.74 Å². The lowest BCUT2D eigenvalue weighted by Crippen LogP contribution is -2.67. The summed E-state index contributed by atoms with van der Waals surface area (Å²) in [6, 6.07) is 7.38. The van der Waals surface area contributed by atoms with Crippen LogP contribution in [0.1, 0.15) is 56.3 Å². The summed E-state index contributed by atoms with van der Waals surface area (Å²) in [6.45, 7) is 6.28. The molecule has 3 heterocycles. The van der Waals surface area contributed by atoms with E-state index in [2.05, 4.69) is 11.8 Å². The Bertz CT molecular complexity index is 719. The summed E-state index contributed by atoms with van der Waals surface area (Å²) in [4.78, 5) is 30.7. The van der Waals surface area contributed by atoms with Gasteiger partial charge < -0.3 is 4.74 Å². The number of benzene rings is 1. The molecule has 3 atom stereocenters. The van der Waals surface area contributed by atoms with Gasteiger partial charge in [0.15, 0.2) is 5.78 Å². The average Bonchev–Trinajstić information content (AvgIpc) is 2.69. The molecule has 0 saturated carbocycles. The van der Waals surface area contributed by atoms with E-state index < -0.39 is 0 Å². The molecule has 2 bridgehead atoms. The second kappa shape index (κ2) is 6.78. The molecule has 5 nitrogen and oxygen atoms in total. The summed E-state index contributed by atoms with van der Waals surface area (Å²) in [5.41, 5.74) is 1.32. The maximum atomic E-state index is 13.8. The van der Waals surface area contributed by atoms with Crippen molar-refractivity contribution < 1.29 is 14.3 Å². The highest BCUT2D eigenvalue weighted by atomic mass is 16.5. The first-order valence-electron chi connectivity index (χ1n) is 9.92. The molecule has 2 fully saturated rings. The maximum Gasteiger partial charge on any atom is 0.247 e. The van der Waals surface area contributed by atoms with E-state index in [0.717, 1.165) is 37.9 Å². The van der Waals surface area contributed by atoms with E-state index in [9.17, 15) is 9.59 Å².